The number of anilines is 1. The molecule has 1 atom stereocenters. The lowest BCUT2D eigenvalue weighted by atomic mass is 10.2. The highest BCUT2D eigenvalue weighted by molar-refractivity contribution is 6.30. The molecule has 0 aliphatic rings. The first-order chi connectivity index (χ1) is 12.8. The number of nitrogens with zero attached hydrogens (tertiary/aromatic N) is 1. The Bertz CT molecular complexity index is 761. The lowest BCUT2D eigenvalue weighted by Gasteiger charge is -2.14. The van der Waals surface area contributed by atoms with Gasteiger partial charge in [-0.1, -0.05) is 23.7 Å². The van der Waals surface area contributed by atoms with Gasteiger partial charge >= 0.3 is 5.97 Å². The summed E-state index contributed by atoms with van der Waals surface area (Å²) in [6.45, 7) is 1.56. The third-order valence-corrected chi connectivity index (χ3v) is 4.00. The maximum absolute atomic E-state index is 11.9. The monoisotopic (exact) mass is 390 g/mol. The summed E-state index contributed by atoms with van der Waals surface area (Å²) in [6, 6.07) is 14.4. The van der Waals surface area contributed by atoms with Crippen LogP contribution in [0.25, 0.3) is 0 Å². The van der Waals surface area contributed by atoms with Crippen molar-refractivity contribution in [2.75, 3.05) is 25.6 Å². The Morgan fingerprint density at radius 1 is 1.07 bits per heavy atom. The van der Waals surface area contributed by atoms with Gasteiger partial charge in [-0.3, -0.25) is 4.79 Å². The van der Waals surface area contributed by atoms with Gasteiger partial charge in [-0.15, -0.1) is 0 Å². The Labute approximate surface area is 164 Å². The highest BCUT2D eigenvalue weighted by Gasteiger charge is 2.17. The molecule has 0 saturated heterocycles. The second-order valence-corrected chi connectivity index (χ2v) is 6.60. The van der Waals surface area contributed by atoms with Gasteiger partial charge in [-0.05, 0) is 48.9 Å². The molecule has 0 heterocycles. The van der Waals surface area contributed by atoms with Crippen LogP contribution >= 0.6 is 11.6 Å². The molecule has 0 spiro atoms. The van der Waals surface area contributed by atoms with Gasteiger partial charge in [-0.2, -0.15) is 0 Å². The van der Waals surface area contributed by atoms with Crippen LogP contribution in [-0.2, 0) is 20.9 Å². The molecule has 0 saturated carbocycles. The van der Waals surface area contributed by atoms with Crippen LogP contribution in [0.5, 0.6) is 5.75 Å². The van der Waals surface area contributed by atoms with Gasteiger partial charge in [0.05, 0.1) is 0 Å². The van der Waals surface area contributed by atoms with Gasteiger partial charge in [-0.25, -0.2) is 4.79 Å². The predicted molar refractivity (Wildman–Crippen MR) is 105 cm³/mol. The number of nitrogens with one attached hydrogen (secondary N) is 1. The SMILES string of the molecule is C[C@H](Oc1ccc(Cl)cc1)C(=O)OCC(=O)NCc1ccc(N(C)C)cc1. The molecule has 0 aliphatic heterocycles. The zero-order valence-corrected chi connectivity index (χ0v) is 16.3. The van der Waals surface area contributed by atoms with Crippen molar-refractivity contribution in [1.82, 2.24) is 5.32 Å². The van der Waals surface area contributed by atoms with Crippen molar-refractivity contribution in [2.24, 2.45) is 0 Å². The topological polar surface area (TPSA) is 67.9 Å². The quantitative estimate of drug-likeness (QED) is 0.702. The number of carbonyl (C=O) groups is 2. The van der Waals surface area contributed by atoms with Crippen LogP contribution in [0.3, 0.4) is 0 Å². The summed E-state index contributed by atoms with van der Waals surface area (Å²) in [5.74, 6) is -0.497. The standard InChI is InChI=1S/C20H23ClN2O4/c1-14(27-18-10-6-16(21)7-11-18)20(25)26-13-19(24)22-12-15-4-8-17(9-5-15)23(2)3/h4-11,14H,12-13H2,1-3H3,(H,22,24)/t14-/m0/s1. The van der Waals surface area contributed by atoms with E-state index < -0.39 is 12.1 Å². The minimum atomic E-state index is -0.836. The summed E-state index contributed by atoms with van der Waals surface area (Å²) in [7, 11) is 3.92. The smallest absolute Gasteiger partial charge is 0.347 e. The van der Waals surface area contributed by atoms with E-state index in [0.29, 0.717) is 17.3 Å². The molecule has 0 unspecified atom stereocenters. The molecule has 1 N–H and O–H groups in total. The summed E-state index contributed by atoms with van der Waals surface area (Å²) in [5, 5.41) is 3.29. The summed E-state index contributed by atoms with van der Waals surface area (Å²) < 4.78 is 10.4. The maximum atomic E-state index is 11.9. The van der Waals surface area contributed by atoms with E-state index in [4.69, 9.17) is 21.1 Å². The third-order valence-electron chi connectivity index (χ3n) is 3.75. The first-order valence-electron chi connectivity index (χ1n) is 8.47. The minimum absolute atomic E-state index is 0.358. The number of hydrogen-bond acceptors (Lipinski definition) is 5. The third kappa shape index (κ3) is 6.83. The molecule has 0 bridgehead atoms. The second kappa shape index (κ2) is 9.83. The molecule has 0 aliphatic carbocycles. The Hall–Kier alpha value is -2.73. The van der Waals surface area contributed by atoms with Crippen LogP contribution in [0.4, 0.5) is 5.69 Å². The minimum Gasteiger partial charge on any atom is -0.479 e. The molecule has 7 heteroatoms. The van der Waals surface area contributed by atoms with Crippen LogP contribution in [0.15, 0.2) is 48.5 Å². The lowest BCUT2D eigenvalue weighted by Crippen LogP contribution is -2.32. The zero-order valence-electron chi connectivity index (χ0n) is 15.6. The van der Waals surface area contributed by atoms with Crippen molar-refractivity contribution in [3.63, 3.8) is 0 Å². The Kier molecular flexibility index (Phi) is 7.49. The van der Waals surface area contributed by atoms with Crippen molar-refractivity contribution >= 4 is 29.2 Å². The molecule has 6 nitrogen and oxygen atoms in total. The Balaban J connectivity index is 1.72. The highest BCUT2D eigenvalue weighted by atomic mass is 35.5. The summed E-state index contributed by atoms with van der Waals surface area (Å²) >= 11 is 5.80. The number of amides is 1. The average Bonchev–Trinajstić information content (AvgIpc) is 2.66. The molecule has 2 aromatic carbocycles. The fourth-order valence-electron chi connectivity index (χ4n) is 2.18. The van der Waals surface area contributed by atoms with E-state index in [2.05, 4.69) is 5.32 Å². The molecular formula is C20H23ClN2O4. The molecule has 2 rings (SSSR count). The van der Waals surface area contributed by atoms with Crippen LogP contribution in [0, 0.1) is 0 Å². The van der Waals surface area contributed by atoms with E-state index in [-0.39, 0.29) is 12.5 Å². The first kappa shape index (κ1) is 20.6. The number of carbonyl (C=O) groups excluding carboxylic acids is 2. The van der Waals surface area contributed by atoms with E-state index in [1.807, 2.05) is 43.3 Å². The Morgan fingerprint density at radius 3 is 2.30 bits per heavy atom. The molecule has 0 fully saturated rings. The lowest BCUT2D eigenvalue weighted by molar-refractivity contribution is -0.154. The average molecular weight is 391 g/mol. The van der Waals surface area contributed by atoms with Crippen LogP contribution in [0.1, 0.15) is 12.5 Å². The Morgan fingerprint density at radius 2 is 1.70 bits per heavy atom. The molecule has 0 aromatic heterocycles. The normalized spacial score (nSPS) is 11.4. The molecule has 144 valence electrons. The highest BCUT2D eigenvalue weighted by Crippen LogP contribution is 2.17. The molecular weight excluding hydrogens is 368 g/mol. The van der Waals surface area contributed by atoms with Crippen molar-refractivity contribution in [3.05, 3.63) is 59.1 Å². The van der Waals surface area contributed by atoms with E-state index in [1.54, 1.807) is 31.2 Å². The van der Waals surface area contributed by atoms with Crippen LogP contribution in [-0.4, -0.2) is 38.7 Å². The van der Waals surface area contributed by atoms with E-state index in [1.165, 1.54) is 0 Å². The van der Waals surface area contributed by atoms with Gasteiger partial charge in [0.15, 0.2) is 12.7 Å². The number of halogens is 1. The number of esters is 1. The predicted octanol–water partition coefficient (Wildman–Crippen LogP) is 3.03. The van der Waals surface area contributed by atoms with Gasteiger partial charge in [0, 0.05) is 31.4 Å². The number of rotatable bonds is 8. The fourth-order valence-corrected chi connectivity index (χ4v) is 2.31. The van der Waals surface area contributed by atoms with E-state index in [9.17, 15) is 9.59 Å². The van der Waals surface area contributed by atoms with Crippen LogP contribution < -0.4 is 15.0 Å². The molecule has 2 aromatic rings. The maximum Gasteiger partial charge on any atom is 0.347 e. The molecule has 27 heavy (non-hydrogen) atoms. The summed E-state index contributed by atoms with van der Waals surface area (Å²) in [6.07, 6.45) is -0.836. The molecule has 1 amide bonds. The number of ether oxygens (including phenoxy) is 2. The van der Waals surface area contributed by atoms with Crippen molar-refractivity contribution in [2.45, 2.75) is 19.6 Å². The fraction of sp³-hybridized carbons (Fsp3) is 0.300. The van der Waals surface area contributed by atoms with Crippen molar-refractivity contribution in [1.29, 1.82) is 0 Å². The number of hydrogen-bond donors (Lipinski definition) is 1. The van der Waals surface area contributed by atoms with Gasteiger partial charge < -0.3 is 19.7 Å². The second-order valence-electron chi connectivity index (χ2n) is 6.16. The first-order valence-corrected chi connectivity index (χ1v) is 8.85. The van der Waals surface area contributed by atoms with Crippen molar-refractivity contribution < 1.29 is 19.1 Å². The zero-order chi connectivity index (χ0) is 19.8. The largest absolute Gasteiger partial charge is 0.479 e. The van der Waals surface area contributed by atoms with Crippen LogP contribution in [0.2, 0.25) is 5.02 Å². The summed E-state index contributed by atoms with van der Waals surface area (Å²) in [4.78, 5) is 25.8. The van der Waals surface area contributed by atoms with Gasteiger partial charge in [0.2, 0.25) is 0 Å². The molecule has 0 radical (unpaired) electrons. The van der Waals surface area contributed by atoms with Gasteiger partial charge in [0.25, 0.3) is 5.91 Å². The van der Waals surface area contributed by atoms with E-state index in [0.717, 1.165) is 11.3 Å². The number of benzene rings is 2. The van der Waals surface area contributed by atoms with Crippen molar-refractivity contribution in [3.8, 4) is 5.75 Å². The summed E-state index contributed by atoms with van der Waals surface area (Å²) in [5.41, 5.74) is 2.04. The van der Waals surface area contributed by atoms with Gasteiger partial charge in [0.1, 0.15) is 5.75 Å². The van der Waals surface area contributed by atoms with E-state index >= 15 is 0 Å².